The van der Waals surface area contributed by atoms with Gasteiger partial charge in [0.1, 0.15) is 0 Å². The van der Waals surface area contributed by atoms with Crippen molar-refractivity contribution in [3.8, 4) is 11.6 Å². The second-order valence-electron chi connectivity index (χ2n) is 6.17. The number of ether oxygens (including phenoxy) is 1. The first-order chi connectivity index (χ1) is 14.2. The molecule has 1 aromatic heterocycles. The molecule has 3 aromatic rings. The lowest BCUT2D eigenvalue weighted by atomic mass is 10.1. The lowest BCUT2D eigenvalue weighted by molar-refractivity contribution is -0.141. The molecule has 1 N–H and O–H groups in total. The van der Waals surface area contributed by atoms with E-state index in [4.69, 9.17) is 16.3 Å². The number of aromatic nitrogens is 2. The highest BCUT2D eigenvalue weighted by molar-refractivity contribution is 6.32. The molecule has 1 heterocycles. The van der Waals surface area contributed by atoms with Crippen LogP contribution in [0.4, 0.5) is 18.9 Å². The smallest absolute Gasteiger partial charge is 0.435 e. The number of anilines is 1. The third kappa shape index (κ3) is 4.80. The molecule has 0 aliphatic carbocycles. The van der Waals surface area contributed by atoms with Gasteiger partial charge >= 0.3 is 6.18 Å². The Morgan fingerprint density at radius 3 is 2.47 bits per heavy atom. The molecule has 0 spiro atoms. The van der Waals surface area contributed by atoms with Crippen molar-refractivity contribution >= 4 is 29.0 Å². The summed E-state index contributed by atoms with van der Waals surface area (Å²) in [5.74, 6) is -1.23. The van der Waals surface area contributed by atoms with Crippen molar-refractivity contribution in [2.75, 3.05) is 11.9 Å². The van der Waals surface area contributed by atoms with E-state index in [0.29, 0.717) is 11.6 Å². The summed E-state index contributed by atoms with van der Waals surface area (Å²) in [6.07, 6.45) is -4.71. The molecule has 2 aromatic carbocycles. The van der Waals surface area contributed by atoms with E-state index >= 15 is 0 Å². The number of hydrogen-bond donors (Lipinski definition) is 1. The van der Waals surface area contributed by atoms with E-state index in [0.717, 1.165) is 4.68 Å². The summed E-state index contributed by atoms with van der Waals surface area (Å²) in [5.41, 5.74) is -0.465. The van der Waals surface area contributed by atoms with E-state index in [2.05, 4.69) is 10.4 Å². The van der Waals surface area contributed by atoms with Gasteiger partial charge in [-0.3, -0.25) is 9.59 Å². The van der Waals surface area contributed by atoms with Crippen LogP contribution in [-0.4, -0.2) is 28.1 Å². The molecule has 6 nitrogen and oxygen atoms in total. The van der Waals surface area contributed by atoms with E-state index in [9.17, 15) is 22.8 Å². The molecule has 0 fully saturated rings. The van der Waals surface area contributed by atoms with E-state index in [-0.39, 0.29) is 28.1 Å². The van der Waals surface area contributed by atoms with Gasteiger partial charge < -0.3 is 10.1 Å². The van der Waals surface area contributed by atoms with Gasteiger partial charge in [-0.1, -0.05) is 35.9 Å². The highest BCUT2D eigenvalue weighted by Gasteiger charge is 2.36. The van der Waals surface area contributed by atoms with Crippen LogP contribution in [0.1, 0.15) is 23.0 Å². The third-order valence-electron chi connectivity index (χ3n) is 3.98. The Hall–Kier alpha value is -3.33. The Labute approximate surface area is 174 Å². The molecular formula is C20H15ClF3N3O3. The maximum atomic E-state index is 13.1. The van der Waals surface area contributed by atoms with Crippen LogP contribution in [0.5, 0.6) is 5.88 Å². The molecule has 0 saturated carbocycles. The first kappa shape index (κ1) is 21.4. The number of ketones is 1. The predicted octanol–water partition coefficient (Wildman–Crippen LogP) is 4.76. The number of nitrogens with zero attached hydrogens (tertiary/aromatic N) is 2. The molecule has 10 heteroatoms. The zero-order chi connectivity index (χ0) is 21.9. The average Bonchev–Trinajstić information content (AvgIpc) is 3.11. The summed E-state index contributed by atoms with van der Waals surface area (Å²) in [4.78, 5) is 23.9. The first-order valence-electron chi connectivity index (χ1n) is 8.61. The lowest BCUT2D eigenvalue weighted by Gasteiger charge is -2.12. The van der Waals surface area contributed by atoms with Crippen LogP contribution < -0.4 is 10.1 Å². The molecule has 30 heavy (non-hydrogen) atoms. The van der Waals surface area contributed by atoms with Crippen LogP contribution in [0.2, 0.25) is 5.02 Å². The minimum Gasteiger partial charge on any atom is -0.467 e. The second kappa shape index (κ2) is 8.58. The highest BCUT2D eigenvalue weighted by atomic mass is 35.5. The van der Waals surface area contributed by atoms with Crippen LogP contribution in [-0.2, 0) is 11.0 Å². The second-order valence-corrected chi connectivity index (χ2v) is 6.57. The number of alkyl halides is 3. The van der Waals surface area contributed by atoms with E-state index in [1.54, 1.807) is 30.3 Å². The molecular weight excluding hydrogens is 423 g/mol. The number of nitrogens with one attached hydrogen (secondary N) is 1. The Balaban J connectivity index is 1.83. The lowest BCUT2D eigenvalue weighted by Crippen LogP contribution is -2.22. The Morgan fingerprint density at radius 1 is 1.13 bits per heavy atom. The fraction of sp³-hybridized carbons (Fsp3) is 0.150. The topological polar surface area (TPSA) is 73.2 Å². The molecule has 0 aliphatic heterocycles. The van der Waals surface area contributed by atoms with Crippen molar-refractivity contribution in [2.45, 2.75) is 13.1 Å². The normalized spacial score (nSPS) is 11.2. The number of halogens is 4. The van der Waals surface area contributed by atoms with Crippen molar-refractivity contribution in [3.05, 3.63) is 70.9 Å². The number of carbonyl (C=O) groups is 2. The third-order valence-corrected chi connectivity index (χ3v) is 4.30. The van der Waals surface area contributed by atoms with E-state index < -0.39 is 24.4 Å². The molecule has 0 unspecified atom stereocenters. The summed E-state index contributed by atoms with van der Waals surface area (Å²) in [6.45, 7) is 0.738. The number of Topliss-reactive ketones (excluding diaryl/α,β-unsaturated/α-hetero) is 1. The van der Waals surface area contributed by atoms with Gasteiger partial charge in [-0.25, -0.2) is 0 Å². The number of benzene rings is 2. The molecule has 3 rings (SSSR count). The molecule has 1 amide bonds. The zero-order valence-electron chi connectivity index (χ0n) is 15.5. The fourth-order valence-electron chi connectivity index (χ4n) is 2.63. The van der Waals surface area contributed by atoms with Gasteiger partial charge in [0.25, 0.3) is 5.91 Å². The number of para-hydroxylation sites is 2. The first-order valence-corrected chi connectivity index (χ1v) is 8.99. The SMILES string of the molecule is CC(=O)c1ccccc1NC(=O)COc1cc(C(F)(F)F)nn1-c1ccccc1Cl. The average molecular weight is 438 g/mol. The van der Waals surface area contributed by atoms with Gasteiger partial charge in [-0.2, -0.15) is 23.0 Å². The van der Waals surface area contributed by atoms with Crippen molar-refractivity contribution in [1.29, 1.82) is 0 Å². The highest BCUT2D eigenvalue weighted by Crippen LogP contribution is 2.33. The van der Waals surface area contributed by atoms with Gasteiger partial charge in [-0.15, -0.1) is 0 Å². The van der Waals surface area contributed by atoms with E-state index in [1.807, 2.05) is 0 Å². The standard InChI is InChI=1S/C20H15ClF3N3O3/c1-12(28)13-6-2-4-8-15(13)25-18(29)11-30-19-10-17(20(22,23)24)26-27(19)16-9-5-3-7-14(16)21/h2-10H,11H2,1H3,(H,25,29). The molecule has 0 bridgehead atoms. The van der Waals surface area contributed by atoms with Gasteiger partial charge in [-0.05, 0) is 31.2 Å². The number of carbonyl (C=O) groups excluding carboxylic acids is 2. The fourth-order valence-corrected chi connectivity index (χ4v) is 2.84. The number of hydrogen-bond acceptors (Lipinski definition) is 4. The number of rotatable bonds is 6. The van der Waals surface area contributed by atoms with Crippen LogP contribution in [0.25, 0.3) is 5.69 Å². The maximum absolute atomic E-state index is 13.1. The van der Waals surface area contributed by atoms with Gasteiger partial charge in [0, 0.05) is 11.6 Å². The Kier molecular flexibility index (Phi) is 6.12. The maximum Gasteiger partial charge on any atom is 0.435 e. The summed E-state index contributed by atoms with van der Waals surface area (Å²) in [6, 6.07) is 13.2. The Bertz CT molecular complexity index is 1100. The quantitative estimate of drug-likeness (QED) is 0.564. The largest absolute Gasteiger partial charge is 0.467 e. The zero-order valence-corrected chi connectivity index (χ0v) is 16.3. The van der Waals surface area contributed by atoms with Crippen molar-refractivity contribution in [2.24, 2.45) is 0 Å². The molecule has 0 aliphatic rings. The van der Waals surface area contributed by atoms with Gasteiger partial charge in [0.15, 0.2) is 18.1 Å². The van der Waals surface area contributed by atoms with Crippen molar-refractivity contribution in [1.82, 2.24) is 9.78 Å². The molecule has 0 atom stereocenters. The minimum absolute atomic E-state index is 0.152. The summed E-state index contributed by atoms with van der Waals surface area (Å²) >= 11 is 6.06. The predicted molar refractivity (Wildman–Crippen MR) is 104 cm³/mol. The summed E-state index contributed by atoms with van der Waals surface area (Å²) < 4.78 is 45.6. The van der Waals surface area contributed by atoms with Crippen molar-refractivity contribution in [3.63, 3.8) is 0 Å². The number of amides is 1. The van der Waals surface area contributed by atoms with Crippen LogP contribution in [0.15, 0.2) is 54.6 Å². The van der Waals surface area contributed by atoms with E-state index in [1.165, 1.54) is 25.1 Å². The summed E-state index contributed by atoms with van der Waals surface area (Å²) in [7, 11) is 0. The monoisotopic (exact) mass is 437 g/mol. The summed E-state index contributed by atoms with van der Waals surface area (Å²) in [5, 5.41) is 6.18. The molecule has 156 valence electrons. The Morgan fingerprint density at radius 2 is 1.80 bits per heavy atom. The van der Waals surface area contributed by atoms with Crippen LogP contribution in [0.3, 0.4) is 0 Å². The van der Waals surface area contributed by atoms with Gasteiger partial charge in [0.2, 0.25) is 5.88 Å². The van der Waals surface area contributed by atoms with Crippen LogP contribution in [0, 0.1) is 0 Å². The van der Waals surface area contributed by atoms with Crippen LogP contribution >= 0.6 is 11.6 Å². The molecule has 0 radical (unpaired) electrons. The van der Waals surface area contributed by atoms with Gasteiger partial charge in [0.05, 0.1) is 16.4 Å². The molecule has 0 saturated heterocycles. The van der Waals surface area contributed by atoms with Crippen molar-refractivity contribution < 1.29 is 27.5 Å². The minimum atomic E-state index is -4.71.